The molecule has 1 aromatic rings. The molecule has 0 aliphatic rings. The number of ether oxygens (including phenoxy) is 2. The van der Waals surface area contributed by atoms with E-state index in [1.807, 2.05) is 39.0 Å². The maximum atomic E-state index is 5.66. The molecule has 4 heteroatoms. The number of thiocarbonyl (C=S) groups is 1. The fraction of sp³-hybridized carbons (Fsp3) is 0.462. The van der Waals surface area contributed by atoms with Gasteiger partial charge in [-0.1, -0.05) is 23.8 Å². The second-order valence-electron chi connectivity index (χ2n) is 4.13. The van der Waals surface area contributed by atoms with Crippen molar-refractivity contribution in [1.82, 2.24) is 0 Å². The molecule has 94 valence electrons. The number of rotatable bonds is 6. The van der Waals surface area contributed by atoms with Crippen LogP contribution in [-0.2, 0) is 4.74 Å². The SMILES string of the molecule is Cc1ccc(OCCOC(C)C)c(C(N)=S)c1. The van der Waals surface area contributed by atoms with Crippen molar-refractivity contribution in [2.45, 2.75) is 26.9 Å². The van der Waals surface area contributed by atoms with E-state index >= 15 is 0 Å². The molecule has 0 amide bonds. The molecule has 17 heavy (non-hydrogen) atoms. The van der Waals surface area contributed by atoms with Gasteiger partial charge in [0, 0.05) is 0 Å². The second-order valence-corrected chi connectivity index (χ2v) is 4.57. The lowest BCUT2D eigenvalue weighted by atomic mass is 10.1. The van der Waals surface area contributed by atoms with Crippen LogP contribution in [0.1, 0.15) is 25.0 Å². The summed E-state index contributed by atoms with van der Waals surface area (Å²) >= 11 is 5.00. The largest absolute Gasteiger partial charge is 0.490 e. The Balaban J connectivity index is 2.61. The van der Waals surface area contributed by atoms with Gasteiger partial charge in [-0.05, 0) is 32.9 Å². The Morgan fingerprint density at radius 1 is 1.35 bits per heavy atom. The highest BCUT2D eigenvalue weighted by atomic mass is 32.1. The van der Waals surface area contributed by atoms with E-state index in [0.717, 1.165) is 16.9 Å². The molecule has 1 aromatic carbocycles. The summed E-state index contributed by atoms with van der Waals surface area (Å²) in [7, 11) is 0. The number of aryl methyl sites for hydroxylation is 1. The first-order valence-corrected chi connectivity index (χ1v) is 6.06. The molecule has 0 heterocycles. The van der Waals surface area contributed by atoms with E-state index < -0.39 is 0 Å². The Labute approximate surface area is 108 Å². The van der Waals surface area contributed by atoms with Gasteiger partial charge in [0.05, 0.1) is 18.3 Å². The van der Waals surface area contributed by atoms with Crippen LogP contribution >= 0.6 is 12.2 Å². The lowest BCUT2D eigenvalue weighted by molar-refractivity contribution is 0.0552. The molecule has 3 nitrogen and oxygen atoms in total. The van der Waals surface area contributed by atoms with Crippen molar-refractivity contribution in [3.05, 3.63) is 29.3 Å². The molecule has 0 radical (unpaired) electrons. The first-order valence-electron chi connectivity index (χ1n) is 5.65. The number of hydrogen-bond donors (Lipinski definition) is 1. The Bertz CT molecular complexity index is 391. The van der Waals surface area contributed by atoms with Gasteiger partial charge in [0.15, 0.2) is 0 Å². The molecule has 0 saturated carbocycles. The third kappa shape index (κ3) is 4.71. The molecule has 0 bridgehead atoms. The van der Waals surface area contributed by atoms with E-state index in [4.69, 9.17) is 27.4 Å². The van der Waals surface area contributed by atoms with E-state index in [1.54, 1.807) is 0 Å². The van der Waals surface area contributed by atoms with Gasteiger partial charge in [-0.25, -0.2) is 0 Å². The summed E-state index contributed by atoms with van der Waals surface area (Å²) in [5.74, 6) is 0.718. The average molecular weight is 253 g/mol. The maximum absolute atomic E-state index is 5.66. The molecule has 0 aliphatic carbocycles. The van der Waals surface area contributed by atoms with Gasteiger partial charge in [0.25, 0.3) is 0 Å². The quantitative estimate of drug-likeness (QED) is 0.624. The van der Waals surface area contributed by atoms with Gasteiger partial charge < -0.3 is 15.2 Å². The summed E-state index contributed by atoms with van der Waals surface area (Å²) in [6.45, 7) is 7.03. The lowest BCUT2D eigenvalue weighted by Crippen LogP contribution is -2.15. The lowest BCUT2D eigenvalue weighted by Gasteiger charge is -2.12. The Kier molecular flexibility index (Phi) is 5.38. The van der Waals surface area contributed by atoms with Crippen molar-refractivity contribution < 1.29 is 9.47 Å². The number of benzene rings is 1. The Morgan fingerprint density at radius 3 is 2.65 bits per heavy atom. The minimum Gasteiger partial charge on any atom is -0.490 e. The highest BCUT2D eigenvalue weighted by molar-refractivity contribution is 7.80. The summed E-state index contributed by atoms with van der Waals surface area (Å²) in [6.07, 6.45) is 0.215. The molecule has 2 N–H and O–H groups in total. The summed E-state index contributed by atoms with van der Waals surface area (Å²) in [5.41, 5.74) is 7.55. The predicted molar refractivity (Wildman–Crippen MR) is 73.6 cm³/mol. The van der Waals surface area contributed by atoms with Crippen LogP contribution in [0, 0.1) is 6.92 Å². The van der Waals surface area contributed by atoms with Crippen molar-refractivity contribution in [2.24, 2.45) is 5.73 Å². The van der Waals surface area contributed by atoms with E-state index in [2.05, 4.69) is 0 Å². The van der Waals surface area contributed by atoms with E-state index in [0.29, 0.717) is 18.2 Å². The smallest absolute Gasteiger partial charge is 0.129 e. The summed E-state index contributed by atoms with van der Waals surface area (Å²) < 4.78 is 11.0. The normalized spacial score (nSPS) is 10.6. The maximum Gasteiger partial charge on any atom is 0.129 e. The van der Waals surface area contributed by atoms with Crippen molar-refractivity contribution in [3.8, 4) is 5.75 Å². The van der Waals surface area contributed by atoms with E-state index in [-0.39, 0.29) is 6.10 Å². The van der Waals surface area contributed by atoms with Crippen LogP contribution < -0.4 is 10.5 Å². The Morgan fingerprint density at radius 2 is 2.06 bits per heavy atom. The third-order valence-corrected chi connectivity index (χ3v) is 2.41. The molecule has 0 unspecified atom stereocenters. The van der Waals surface area contributed by atoms with Crippen LogP contribution in [0.5, 0.6) is 5.75 Å². The first kappa shape index (κ1) is 13.9. The fourth-order valence-electron chi connectivity index (χ4n) is 1.40. The zero-order valence-electron chi connectivity index (χ0n) is 10.5. The predicted octanol–water partition coefficient (Wildman–Crippen LogP) is 2.43. The van der Waals surface area contributed by atoms with Gasteiger partial charge >= 0.3 is 0 Å². The highest BCUT2D eigenvalue weighted by Crippen LogP contribution is 2.19. The topological polar surface area (TPSA) is 44.5 Å². The number of nitrogens with two attached hydrogens (primary N) is 1. The van der Waals surface area contributed by atoms with Gasteiger partial charge in [0.2, 0.25) is 0 Å². The van der Waals surface area contributed by atoms with Crippen molar-refractivity contribution in [1.29, 1.82) is 0 Å². The summed E-state index contributed by atoms with van der Waals surface area (Å²) in [4.78, 5) is 0.355. The molecule has 1 rings (SSSR count). The van der Waals surface area contributed by atoms with Gasteiger partial charge in [-0.3, -0.25) is 0 Å². The van der Waals surface area contributed by atoms with Crippen LogP contribution in [0.15, 0.2) is 18.2 Å². The third-order valence-electron chi connectivity index (χ3n) is 2.19. The van der Waals surface area contributed by atoms with Crippen molar-refractivity contribution >= 4 is 17.2 Å². The van der Waals surface area contributed by atoms with Crippen LogP contribution in [0.3, 0.4) is 0 Å². The standard InChI is InChI=1S/C13H19NO2S/c1-9(2)15-6-7-16-12-5-4-10(3)8-11(12)13(14)17/h4-5,8-9H,6-7H2,1-3H3,(H2,14,17). The zero-order valence-corrected chi connectivity index (χ0v) is 11.3. The monoisotopic (exact) mass is 253 g/mol. The molecular weight excluding hydrogens is 234 g/mol. The van der Waals surface area contributed by atoms with Gasteiger partial charge in [-0.15, -0.1) is 0 Å². The van der Waals surface area contributed by atoms with Crippen molar-refractivity contribution in [3.63, 3.8) is 0 Å². The molecule has 0 fully saturated rings. The minimum absolute atomic E-state index is 0.215. The molecule has 0 spiro atoms. The second kappa shape index (κ2) is 6.57. The van der Waals surface area contributed by atoms with Gasteiger partial charge in [-0.2, -0.15) is 0 Å². The van der Waals surface area contributed by atoms with Crippen LogP contribution in [0.25, 0.3) is 0 Å². The average Bonchev–Trinajstić information content (AvgIpc) is 2.25. The Hall–Kier alpha value is -1.13. The van der Waals surface area contributed by atoms with E-state index in [1.165, 1.54) is 0 Å². The molecular formula is C13H19NO2S. The van der Waals surface area contributed by atoms with Crippen LogP contribution in [0.4, 0.5) is 0 Å². The van der Waals surface area contributed by atoms with Crippen LogP contribution in [0.2, 0.25) is 0 Å². The molecule has 0 atom stereocenters. The molecule has 0 aliphatic heterocycles. The zero-order chi connectivity index (χ0) is 12.8. The van der Waals surface area contributed by atoms with E-state index in [9.17, 15) is 0 Å². The summed E-state index contributed by atoms with van der Waals surface area (Å²) in [6, 6.07) is 5.79. The summed E-state index contributed by atoms with van der Waals surface area (Å²) in [5, 5.41) is 0. The highest BCUT2D eigenvalue weighted by Gasteiger charge is 2.06. The molecule has 0 saturated heterocycles. The van der Waals surface area contributed by atoms with Crippen LogP contribution in [-0.4, -0.2) is 24.3 Å². The first-order chi connectivity index (χ1) is 8.00. The van der Waals surface area contributed by atoms with Gasteiger partial charge in [0.1, 0.15) is 17.3 Å². The minimum atomic E-state index is 0.215. The van der Waals surface area contributed by atoms with Crippen molar-refractivity contribution in [2.75, 3.05) is 13.2 Å². The molecule has 0 aromatic heterocycles. The number of hydrogen-bond acceptors (Lipinski definition) is 3. The fourth-order valence-corrected chi connectivity index (χ4v) is 1.56.